The molecule has 0 bridgehead atoms. The molecule has 1 aromatic carbocycles. The zero-order chi connectivity index (χ0) is 13.1. The molecule has 92 valence electrons. The van der Waals surface area contributed by atoms with Crippen molar-refractivity contribution >= 4 is 17.4 Å². The number of nitrogens with zero attached hydrogens (tertiary/aromatic N) is 1. The molecule has 0 saturated carbocycles. The number of carbonyl (C=O) groups excluding carboxylic acids is 1. The van der Waals surface area contributed by atoms with Crippen LogP contribution in [-0.2, 0) is 6.42 Å². The molecule has 0 amide bonds. The first-order valence-electron chi connectivity index (χ1n) is 5.77. The third kappa shape index (κ3) is 2.96. The number of hydrogen-bond donors (Lipinski definition) is 0. The van der Waals surface area contributed by atoms with Crippen molar-refractivity contribution in [2.75, 3.05) is 0 Å². The molecule has 1 heterocycles. The number of halogens is 1. The normalized spacial score (nSPS) is 10.4. The first-order chi connectivity index (χ1) is 8.56. The predicted molar refractivity (Wildman–Crippen MR) is 73.2 cm³/mol. The second-order valence-electron chi connectivity index (χ2n) is 4.38. The highest BCUT2D eigenvalue weighted by atomic mass is 35.5. The van der Waals surface area contributed by atoms with Crippen LogP contribution in [0.25, 0.3) is 0 Å². The van der Waals surface area contributed by atoms with Gasteiger partial charge in [0.25, 0.3) is 0 Å². The van der Waals surface area contributed by atoms with E-state index >= 15 is 0 Å². The third-order valence-corrected chi connectivity index (χ3v) is 3.14. The van der Waals surface area contributed by atoms with Crippen molar-refractivity contribution in [3.63, 3.8) is 0 Å². The number of aromatic nitrogens is 1. The Kier molecular flexibility index (Phi) is 3.78. The first-order valence-corrected chi connectivity index (χ1v) is 6.15. The van der Waals surface area contributed by atoms with Gasteiger partial charge in [-0.15, -0.1) is 0 Å². The minimum absolute atomic E-state index is 0.0354. The highest BCUT2D eigenvalue weighted by Crippen LogP contribution is 2.19. The van der Waals surface area contributed by atoms with Crippen LogP contribution in [0.3, 0.4) is 0 Å². The molecule has 2 rings (SSSR count). The van der Waals surface area contributed by atoms with Crippen LogP contribution in [0.1, 0.15) is 27.2 Å². The summed E-state index contributed by atoms with van der Waals surface area (Å²) in [6.45, 7) is 3.87. The van der Waals surface area contributed by atoms with E-state index in [4.69, 9.17) is 11.6 Å². The zero-order valence-electron chi connectivity index (χ0n) is 10.4. The van der Waals surface area contributed by atoms with Gasteiger partial charge in [-0.25, -0.2) is 0 Å². The SMILES string of the molecule is Cc1ccc(CC(=O)c2ccc(C)nc2)c(Cl)c1. The number of ketones is 1. The van der Waals surface area contributed by atoms with Gasteiger partial charge in [0.05, 0.1) is 0 Å². The standard InChI is InChI=1S/C15H14ClNO/c1-10-3-5-12(14(16)7-10)8-15(18)13-6-4-11(2)17-9-13/h3-7,9H,8H2,1-2H3. The van der Waals surface area contributed by atoms with Crippen molar-refractivity contribution in [2.45, 2.75) is 20.3 Å². The third-order valence-electron chi connectivity index (χ3n) is 2.79. The lowest BCUT2D eigenvalue weighted by Crippen LogP contribution is -2.04. The Balaban J connectivity index is 2.18. The fourth-order valence-electron chi connectivity index (χ4n) is 1.70. The summed E-state index contributed by atoms with van der Waals surface area (Å²) in [6.07, 6.45) is 1.92. The molecular formula is C15H14ClNO. The number of pyridine rings is 1. The van der Waals surface area contributed by atoms with E-state index in [-0.39, 0.29) is 5.78 Å². The smallest absolute Gasteiger partial charge is 0.168 e. The molecule has 0 atom stereocenters. The highest BCUT2D eigenvalue weighted by Gasteiger charge is 2.10. The van der Waals surface area contributed by atoms with Crippen LogP contribution in [-0.4, -0.2) is 10.8 Å². The molecule has 2 nitrogen and oxygen atoms in total. The number of benzene rings is 1. The maximum atomic E-state index is 12.1. The van der Waals surface area contributed by atoms with Crippen LogP contribution in [0.15, 0.2) is 36.5 Å². The monoisotopic (exact) mass is 259 g/mol. The maximum Gasteiger partial charge on any atom is 0.168 e. The Hall–Kier alpha value is -1.67. The Bertz CT molecular complexity index is 576. The topological polar surface area (TPSA) is 30.0 Å². The summed E-state index contributed by atoms with van der Waals surface area (Å²) < 4.78 is 0. The van der Waals surface area contributed by atoms with Crippen LogP contribution in [0.4, 0.5) is 0 Å². The second kappa shape index (κ2) is 5.32. The average molecular weight is 260 g/mol. The lowest BCUT2D eigenvalue weighted by atomic mass is 10.0. The summed E-state index contributed by atoms with van der Waals surface area (Å²) in [5, 5.41) is 0.642. The van der Waals surface area contributed by atoms with Gasteiger partial charge in [0.2, 0.25) is 0 Å². The van der Waals surface area contributed by atoms with Gasteiger partial charge in [0.15, 0.2) is 5.78 Å². The zero-order valence-corrected chi connectivity index (χ0v) is 11.2. The first kappa shape index (κ1) is 12.8. The molecule has 3 heteroatoms. The summed E-state index contributed by atoms with van der Waals surface area (Å²) in [7, 11) is 0. The van der Waals surface area contributed by atoms with E-state index in [1.54, 1.807) is 12.3 Å². The number of hydrogen-bond acceptors (Lipinski definition) is 2. The molecule has 0 aliphatic carbocycles. The quantitative estimate of drug-likeness (QED) is 0.786. The second-order valence-corrected chi connectivity index (χ2v) is 4.79. The molecule has 1 aromatic heterocycles. The van der Waals surface area contributed by atoms with Crippen LogP contribution in [0, 0.1) is 13.8 Å². The molecule has 2 aromatic rings. The van der Waals surface area contributed by atoms with Gasteiger partial charge in [0.1, 0.15) is 0 Å². The molecule has 0 unspecified atom stereocenters. The van der Waals surface area contributed by atoms with Gasteiger partial charge in [-0.3, -0.25) is 9.78 Å². The summed E-state index contributed by atoms with van der Waals surface area (Å²) in [5.41, 5.74) is 3.47. The fourth-order valence-corrected chi connectivity index (χ4v) is 2.01. The summed E-state index contributed by atoms with van der Waals surface area (Å²) in [6, 6.07) is 9.37. The molecule has 0 spiro atoms. The van der Waals surface area contributed by atoms with E-state index in [0.29, 0.717) is 17.0 Å². The van der Waals surface area contributed by atoms with Crippen molar-refractivity contribution in [1.29, 1.82) is 0 Å². The van der Waals surface area contributed by atoms with Crippen molar-refractivity contribution in [3.8, 4) is 0 Å². The Labute approximate surface area is 112 Å². The minimum atomic E-state index is 0.0354. The molecule has 0 N–H and O–H groups in total. The van der Waals surface area contributed by atoms with Crippen molar-refractivity contribution < 1.29 is 4.79 Å². The number of rotatable bonds is 3. The van der Waals surface area contributed by atoms with E-state index in [1.807, 2.05) is 38.1 Å². The van der Waals surface area contributed by atoms with Gasteiger partial charge >= 0.3 is 0 Å². The van der Waals surface area contributed by atoms with Gasteiger partial charge < -0.3 is 0 Å². The van der Waals surface area contributed by atoms with E-state index in [1.165, 1.54) is 0 Å². The van der Waals surface area contributed by atoms with Crippen molar-refractivity contribution in [3.05, 3.63) is 63.9 Å². The highest BCUT2D eigenvalue weighted by molar-refractivity contribution is 6.31. The van der Waals surface area contributed by atoms with Crippen molar-refractivity contribution in [2.24, 2.45) is 0 Å². The molecule has 18 heavy (non-hydrogen) atoms. The van der Waals surface area contributed by atoms with Crippen molar-refractivity contribution in [1.82, 2.24) is 4.98 Å². The minimum Gasteiger partial charge on any atom is -0.294 e. The van der Waals surface area contributed by atoms with Crippen LogP contribution in [0.5, 0.6) is 0 Å². The Morgan fingerprint density at radius 1 is 1.22 bits per heavy atom. The van der Waals surface area contributed by atoms with E-state index in [0.717, 1.165) is 16.8 Å². The lowest BCUT2D eigenvalue weighted by Gasteiger charge is -2.05. The summed E-state index contributed by atoms with van der Waals surface area (Å²) in [4.78, 5) is 16.2. The van der Waals surface area contributed by atoms with Gasteiger partial charge in [-0.2, -0.15) is 0 Å². The Morgan fingerprint density at radius 2 is 2.00 bits per heavy atom. The van der Waals surface area contributed by atoms with E-state index in [2.05, 4.69) is 4.98 Å². The molecule has 0 saturated heterocycles. The van der Waals surface area contributed by atoms with E-state index in [9.17, 15) is 4.79 Å². The van der Waals surface area contributed by atoms with Gasteiger partial charge in [-0.1, -0.05) is 23.7 Å². The maximum absolute atomic E-state index is 12.1. The van der Waals surface area contributed by atoms with Crippen LogP contribution < -0.4 is 0 Å². The summed E-state index contributed by atoms with van der Waals surface area (Å²) in [5.74, 6) is 0.0354. The summed E-state index contributed by atoms with van der Waals surface area (Å²) >= 11 is 6.12. The fraction of sp³-hybridized carbons (Fsp3) is 0.200. The van der Waals surface area contributed by atoms with Crippen LogP contribution in [0.2, 0.25) is 5.02 Å². The van der Waals surface area contributed by atoms with E-state index < -0.39 is 0 Å². The number of aryl methyl sites for hydroxylation is 2. The van der Waals surface area contributed by atoms with Crippen LogP contribution >= 0.6 is 11.6 Å². The molecule has 0 radical (unpaired) electrons. The Morgan fingerprint density at radius 3 is 2.61 bits per heavy atom. The predicted octanol–water partition coefficient (Wildman–Crippen LogP) is 3.78. The molecule has 0 aliphatic rings. The number of Topliss-reactive ketones (excluding diaryl/α,β-unsaturated/α-hetero) is 1. The largest absolute Gasteiger partial charge is 0.294 e. The average Bonchev–Trinajstić information content (AvgIpc) is 2.33. The lowest BCUT2D eigenvalue weighted by molar-refractivity contribution is 0.0992. The van der Waals surface area contributed by atoms with Gasteiger partial charge in [-0.05, 0) is 43.2 Å². The molecule has 0 aliphatic heterocycles. The molecule has 0 fully saturated rings. The molecular weight excluding hydrogens is 246 g/mol. The number of carbonyl (C=O) groups is 1. The van der Waals surface area contributed by atoms with Gasteiger partial charge in [0, 0.05) is 28.9 Å².